The van der Waals surface area contributed by atoms with Gasteiger partial charge in [0.25, 0.3) is 0 Å². The van der Waals surface area contributed by atoms with Crippen molar-refractivity contribution >= 4 is 0 Å². The predicted octanol–water partition coefficient (Wildman–Crippen LogP) is 2.11. The zero-order chi connectivity index (χ0) is 9.52. The fourth-order valence-corrected chi connectivity index (χ4v) is 0.782. The van der Waals surface area contributed by atoms with E-state index in [9.17, 15) is 0 Å². The van der Waals surface area contributed by atoms with E-state index in [1.165, 1.54) is 0 Å². The molecule has 0 fully saturated rings. The summed E-state index contributed by atoms with van der Waals surface area (Å²) in [5.41, 5.74) is 2.11. The van der Waals surface area contributed by atoms with Crippen LogP contribution in [-0.2, 0) is 0 Å². The number of hydrogen-bond acceptors (Lipinski definition) is 2. The molecule has 0 radical (unpaired) electrons. The largest absolute Gasteiger partial charge is 0.351 e. The summed E-state index contributed by atoms with van der Waals surface area (Å²) in [6, 6.07) is 5.86. The summed E-state index contributed by atoms with van der Waals surface area (Å²) in [6.45, 7) is 3.91. The molecule has 2 rings (SSSR count). The smallest absolute Gasteiger partial charge is 0.0922 e. The average Bonchev–Trinajstić information content (AvgIpc) is 2.58. The van der Waals surface area contributed by atoms with Crippen LogP contribution in [0.2, 0.25) is 0 Å². The molecule has 0 saturated heterocycles. The maximum absolute atomic E-state index is 3.98. The Morgan fingerprint density at radius 3 is 2.15 bits per heavy atom. The summed E-state index contributed by atoms with van der Waals surface area (Å²) >= 11 is 0. The SMILES string of the molecule is Cc1c[nH]cn1.Cc1ccccn1. The Labute approximate surface area is 77.9 Å². The molecule has 0 saturated carbocycles. The van der Waals surface area contributed by atoms with Crippen LogP contribution >= 0.6 is 0 Å². The molecule has 3 nitrogen and oxygen atoms in total. The summed E-state index contributed by atoms with van der Waals surface area (Å²) in [7, 11) is 0. The van der Waals surface area contributed by atoms with E-state index in [1.54, 1.807) is 12.5 Å². The van der Waals surface area contributed by atoms with Gasteiger partial charge in [-0.15, -0.1) is 0 Å². The van der Waals surface area contributed by atoms with Crippen molar-refractivity contribution in [1.82, 2.24) is 15.0 Å². The molecule has 1 N–H and O–H groups in total. The first-order chi connectivity index (χ1) is 6.29. The van der Waals surface area contributed by atoms with Crippen LogP contribution < -0.4 is 0 Å². The monoisotopic (exact) mass is 175 g/mol. The summed E-state index contributed by atoms with van der Waals surface area (Å²) in [6.07, 6.45) is 5.30. The fraction of sp³-hybridized carbons (Fsp3) is 0.200. The normalized spacial score (nSPS) is 8.77. The van der Waals surface area contributed by atoms with Crippen LogP contribution in [0.25, 0.3) is 0 Å². The molecule has 0 unspecified atom stereocenters. The Morgan fingerprint density at radius 2 is 1.92 bits per heavy atom. The Hall–Kier alpha value is -1.64. The van der Waals surface area contributed by atoms with Crippen molar-refractivity contribution in [2.24, 2.45) is 0 Å². The van der Waals surface area contributed by atoms with Gasteiger partial charge in [0.2, 0.25) is 0 Å². The predicted molar refractivity (Wildman–Crippen MR) is 52.3 cm³/mol. The van der Waals surface area contributed by atoms with Gasteiger partial charge in [0.1, 0.15) is 0 Å². The van der Waals surface area contributed by atoms with E-state index in [0.717, 1.165) is 11.4 Å². The van der Waals surface area contributed by atoms with Crippen molar-refractivity contribution in [3.8, 4) is 0 Å². The molecule has 0 aliphatic rings. The van der Waals surface area contributed by atoms with Gasteiger partial charge in [-0.25, -0.2) is 4.98 Å². The molecule has 0 bridgehead atoms. The zero-order valence-corrected chi connectivity index (χ0v) is 7.86. The van der Waals surface area contributed by atoms with Crippen LogP contribution in [0.5, 0.6) is 0 Å². The minimum Gasteiger partial charge on any atom is -0.351 e. The first-order valence-corrected chi connectivity index (χ1v) is 4.12. The van der Waals surface area contributed by atoms with Crippen molar-refractivity contribution in [3.05, 3.63) is 48.3 Å². The lowest BCUT2D eigenvalue weighted by Crippen LogP contribution is -1.72. The highest BCUT2D eigenvalue weighted by Crippen LogP contribution is 1.86. The molecular formula is C10H13N3. The number of aromatic amines is 1. The topological polar surface area (TPSA) is 41.6 Å². The number of nitrogens with one attached hydrogen (secondary N) is 1. The van der Waals surface area contributed by atoms with Gasteiger partial charge in [0.05, 0.1) is 12.0 Å². The van der Waals surface area contributed by atoms with Crippen LogP contribution in [0.15, 0.2) is 36.9 Å². The van der Waals surface area contributed by atoms with Crippen LogP contribution in [0.1, 0.15) is 11.4 Å². The summed E-state index contributed by atoms with van der Waals surface area (Å²) in [4.78, 5) is 10.7. The van der Waals surface area contributed by atoms with E-state index in [-0.39, 0.29) is 0 Å². The number of aryl methyl sites for hydroxylation is 2. The molecule has 0 amide bonds. The average molecular weight is 175 g/mol. The highest BCUT2D eigenvalue weighted by Gasteiger charge is 1.74. The molecule has 2 aromatic rings. The van der Waals surface area contributed by atoms with Gasteiger partial charge in [-0.2, -0.15) is 0 Å². The molecule has 68 valence electrons. The van der Waals surface area contributed by atoms with Gasteiger partial charge in [-0.05, 0) is 26.0 Å². The van der Waals surface area contributed by atoms with Gasteiger partial charge < -0.3 is 4.98 Å². The second kappa shape index (κ2) is 5.09. The second-order valence-corrected chi connectivity index (χ2v) is 2.68. The zero-order valence-electron chi connectivity index (χ0n) is 7.86. The molecule has 0 atom stereocenters. The Kier molecular flexibility index (Phi) is 3.70. The number of rotatable bonds is 0. The van der Waals surface area contributed by atoms with Gasteiger partial charge in [-0.1, -0.05) is 6.07 Å². The first kappa shape index (κ1) is 9.45. The van der Waals surface area contributed by atoms with Crippen molar-refractivity contribution in [2.75, 3.05) is 0 Å². The quantitative estimate of drug-likeness (QED) is 0.666. The molecule has 0 aliphatic heterocycles. The molecule has 0 aliphatic carbocycles. The fourth-order valence-electron chi connectivity index (χ4n) is 0.782. The maximum Gasteiger partial charge on any atom is 0.0922 e. The maximum atomic E-state index is 3.98. The highest BCUT2D eigenvalue weighted by atomic mass is 14.8. The lowest BCUT2D eigenvalue weighted by atomic mass is 10.4. The lowest BCUT2D eigenvalue weighted by Gasteiger charge is -1.82. The molecule has 2 aromatic heterocycles. The van der Waals surface area contributed by atoms with Crippen molar-refractivity contribution < 1.29 is 0 Å². The van der Waals surface area contributed by atoms with Crippen LogP contribution in [0.4, 0.5) is 0 Å². The van der Waals surface area contributed by atoms with Gasteiger partial charge in [-0.3, -0.25) is 4.98 Å². The molecule has 0 spiro atoms. The van der Waals surface area contributed by atoms with E-state index >= 15 is 0 Å². The molecular weight excluding hydrogens is 162 g/mol. The van der Waals surface area contributed by atoms with E-state index < -0.39 is 0 Å². The Balaban J connectivity index is 0.000000132. The van der Waals surface area contributed by atoms with Gasteiger partial charge in [0.15, 0.2) is 0 Å². The standard InChI is InChI=1S/C6H7N.C4H6N2/c1-6-4-2-3-5-7-6;1-4-2-5-3-6-4/h2-5H,1H3;2-3H,1H3,(H,5,6). The third kappa shape index (κ3) is 4.06. The van der Waals surface area contributed by atoms with Crippen molar-refractivity contribution in [1.29, 1.82) is 0 Å². The summed E-state index contributed by atoms with van der Waals surface area (Å²) in [5.74, 6) is 0. The number of hydrogen-bond donors (Lipinski definition) is 1. The minimum absolute atomic E-state index is 1.04. The third-order valence-electron chi connectivity index (χ3n) is 1.45. The van der Waals surface area contributed by atoms with E-state index in [4.69, 9.17) is 0 Å². The minimum atomic E-state index is 1.04. The number of pyridine rings is 1. The molecule has 2 heterocycles. The van der Waals surface area contributed by atoms with Crippen LogP contribution in [0, 0.1) is 13.8 Å². The van der Waals surface area contributed by atoms with Crippen molar-refractivity contribution in [2.45, 2.75) is 13.8 Å². The number of H-pyrrole nitrogens is 1. The van der Waals surface area contributed by atoms with E-state index in [0.29, 0.717) is 0 Å². The summed E-state index contributed by atoms with van der Waals surface area (Å²) in [5, 5.41) is 0. The van der Waals surface area contributed by atoms with E-state index in [2.05, 4.69) is 15.0 Å². The van der Waals surface area contributed by atoms with Crippen LogP contribution in [-0.4, -0.2) is 15.0 Å². The summed E-state index contributed by atoms with van der Waals surface area (Å²) < 4.78 is 0. The van der Waals surface area contributed by atoms with E-state index in [1.807, 2.05) is 38.2 Å². The number of aromatic nitrogens is 3. The molecule has 0 aromatic carbocycles. The Bertz CT molecular complexity index is 313. The third-order valence-corrected chi connectivity index (χ3v) is 1.45. The number of imidazole rings is 1. The Morgan fingerprint density at radius 1 is 1.08 bits per heavy atom. The lowest BCUT2D eigenvalue weighted by molar-refractivity contribution is 1.20. The van der Waals surface area contributed by atoms with Crippen molar-refractivity contribution in [3.63, 3.8) is 0 Å². The first-order valence-electron chi connectivity index (χ1n) is 4.12. The van der Waals surface area contributed by atoms with Crippen LogP contribution in [0.3, 0.4) is 0 Å². The number of nitrogens with zero attached hydrogens (tertiary/aromatic N) is 2. The van der Waals surface area contributed by atoms with Gasteiger partial charge in [0, 0.05) is 18.1 Å². The molecule has 3 heteroatoms. The second-order valence-electron chi connectivity index (χ2n) is 2.68. The molecule has 13 heavy (non-hydrogen) atoms. The highest BCUT2D eigenvalue weighted by molar-refractivity contribution is 4.99. The van der Waals surface area contributed by atoms with Gasteiger partial charge >= 0.3 is 0 Å².